The number of hydrogen-bond donors (Lipinski definition) is 1. The van der Waals surface area contributed by atoms with Crippen molar-refractivity contribution < 1.29 is 9.53 Å². The van der Waals surface area contributed by atoms with Crippen LogP contribution in [0.25, 0.3) is 0 Å². The third kappa shape index (κ3) is 5.83. The van der Waals surface area contributed by atoms with Gasteiger partial charge in [0.1, 0.15) is 0 Å². The molecule has 0 saturated carbocycles. The van der Waals surface area contributed by atoms with Gasteiger partial charge in [-0.2, -0.15) is 0 Å². The lowest BCUT2D eigenvalue weighted by atomic mass is 10.1. The average Bonchev–Trinajstić information content (AvgIpc) is 2.68. The summed E-state index contributed by atoms with van der Waals surface area (Å²) in [4.78, 5) is 12.2. The van der Waals surface area contributed by atoms with E-state index in [1.165, 1.54) is 0 Å². The number of nitrogens with one attached hydrogen (secondary N) is 1. The van der Waals surface area contributed by atoms with E-state index in [1.54, 1.807) is 18.2 Å². The van der Waals surface area contributed by atoms with Gasteiger partial charge in [-0.15, -0.1) is 0 Å². The van der Waals surface area contributed by atoms with Gasteiger partial charge in [-0.1, -0.05) is 77.8 Å². The number of hydrogen-bond acceptors (Lipinski definition) is 2. The number of amides is 1. The molecule has 1 N–H and O–H groups in total. The molecule has 0 unspecified atom stereocenters. The molecule has 3 aromatic rings. The monoisotopic (exact) mass is 399 g/mol. The minimum absolute atomic E-state index is 0.230. The van der Waals surface area contributed by atoms with E-state index in [0.29, 0.717) is 35.4 Å². The minimum Gasteiger partial charge on any atom is -0.372 e. The van der Waals surface area contributed by atoms with Crippen LogP contribution in [0.5, 0.6) is 0 Å². The van der Waals surface area contributed by atoms with Crippen molar-refractivity contribution in [2.45, 2.75) is 19.8 Å². The Morgan fingerprint density at radius 3 is 2.11 bits per heavy atom. The van der Waals surface area contributed by atoms with E-state index in [4.69, 9.17) is 27.9 Å². The largest absolute Gasteiger partial charge is 0.372 e. The summed E-state index contributed by atoms with van der Waals surface area (Å²) in [6.07, 6.45) is 0. The quantitative estimate of drug-likeness (QED) is 0.557. The van der Waals surface area contributed by atoms with Gasteiger partial charge in [-0.25, -0.2) is 0 Å². The molecular formula is C22H19Cl2NO2. The number of carbonyl (C=O) groups is 1. The topological polar surface area (TPSA) is 38.3 Å². The van der Waals surface area contributed by atoms with Gasteiger partial charge in [-0.05, 0) is 34.9 Å². The number of benzene rings is 3. The van der Waals surface area contributed by atoms with E-state index in [9.17, 15) is 4.79 Å². The second-order valence-electron chi connectivity index (χ2n) is 6.10. The van der Waals surface area contributed by atoms with Crippen molar-refractivity contribution in [3.8, 4) is 0 Å². The first-order valence-corrected chi connectivity index (χ1v) is 9.30. The minimum atomic E-state index is -0.230. The number of ether oxygens (including phenoxy) is 1. The number of halogens is 2. The predicted molar refractivity (Wildman–Crippen MR) is 109 cm³/mol. The van der Waals surface area contributed by atoms with Crippen molar-refractivity contribution in [3.05, 3.63) is 105 Å². The van der Waals surface area contributed by atoms with Crippen LogP contribution in [0.3, 0.4) is 0 Å². The SMILES string of the molecule is O=C(NCc1ccc(COCc2ccccc2)cc1)c1ccc(Cl)cc1Cl. The standard InChI is InChI=1S/C22H19Cl2NO2/c23-19-10-11-20(21(24)12-19)22(26)25-13-16-6-8-18(9-7-16)15-27-14-17-4-2-1-3-5-17/h1-12H,13-15H2,(H,25,26). The van der Waals surface area contributed by atoms with E-state index in [2.05, 4.69) is 5.32 Å². The summed E-state index contributed by atoms with van der Waals surface area (Å²) in [6.45, 7) is 1.55. The van der Waals surface area contributed by atoms with Crippen molar-refractivity contribution in [2.75, 3.05) is 0 Å². The van der Waals surface area contributed by atoms with Crippen LogP contribution < -0.4 is 5.32 Å². The van der Waals surface area contributed by atoms with Gasteiger partial charge in [0.05, 0.1) is 23.8 Å². The molecule has 0 aliphatic carbocycles. The Hall–Kier alpha value is -2.33. The van der Waals surface area contributed by atoms with E-state index in [-0.39, 0.29) is 5.91 Å². The van der Waals surface area contributed by atoms with Gasteiger partial charge in [0.15, 0.2) is 0 Å². The van der Waals surface area contributed by atoms with Crippen LogP contribution in [-0.2, 0) is 24.5 Å². The van der Waals surface area contributed by atoms with E-state index in [1.807, 2.05) is 54.6 Å². The first-order valence-electron chi connectivity index (χ1n) is 8.54. The van der Waals surface area contributed by atoms with Crippen LogP contribution >= 0.6 is 23.2 Å². The zero-order chi connectivity index (χ0) is 19.1. The summed E-state index contributed by atoms with van der Waals surface area (Å²) in [7, 11) is 0. The normalized spacial score (nSPS) is 10.6. The molecule has 0 fully saturated rings. The lowest BCUT2D eigenvalue weighted by Crippen LogP contribution is -2.23. The van der Waals surface area contributed by atoms with Gasteiger partial charge in [0.25, 0.3) is 5.91 Å². The molecule has 27 heavy (non-hydrogen) atoms. The van der Waals surface area contributed by atoms with Gasteiger partial charge in [-0.3, -0.25) is 4.79 Å². The highest BCUT2D eigenvalue weighted by Gasteiger charge is 2.10. The van der Waals surface area contributed by atoms with Crippen molar-refractivity contribution in [1.29, 1.82) is 0 Å². The molecule has 0 aliphatic rings. The molecule has 0 atom stereocenters. The highest BCUT2D eigenvalue weighted by molar-refractivity contribution is 6.36. The van der Waals surface area contributed by atoms with Crippen LogP contribution in [0.4, 0.5) is 0 Å². The Kier molecular flexibility index (Phi) is 6.88. The number of rotatable bonds is 7. The molecule has 0 radical (unpaired) electrons. The second kappa shape index (κ2) is 9.56. The summed E-state index contributed by atoms with van der Waals surface area (Å²) < 4.78 is 5.73. The zero-order valence-corrected chi connectivity index (χ0v) is 16.1. The maximum Gasteiger partial charge on any atom is 0.253 e. The lowest BCUT2D eigenvalue weighted by molar-refractivity contribution is 0.0951. The first-order chi connectivity index (χ1) is 13.1. The molecule has 138 valence electrons. The molecule has 3 aromatic carbocycles. The van der Waals surface area contributed by atoms with Gasteiger partial charge >= 0.3 is 0 Å². The third-order valence-corrected chi connectivity index (χ3v) is 4.58. The summed E-state index contributed by atoms with van der Waals surface area (Å²) in [5.41, 5.74) is 3.65. The molecule has 0 spiro atoms. The first kappa shape index (κ1) is 19.4. The molecule has 0 aromatic heterocycles. The molecular weight excluding hydrogens is 381 g/mol. The average molecular weight is 400 g/mol. The maximum atomic E-state index is 12.2. The van der Waals surface area contributed by atoms with Crippen LogP contribution in [0, 0.1) is 0 Å². The van der Waals surface area contributed by atoms with Crippen LogP contribution in [0.15, 0.2) is 72.8 Å². The Labute approximate surface area is 168 Å². The van der Waals surface area contributed by atoms with E-state index >= 15 is 0 Å². The second-order valence-corrected chi connectivity index (χ2v) is 6.95. The molecule has 0 bridgehead atoms. The molecule has 5 heteroatoms. The summed E-state index contributed by atoms with van der Waals surface area (Å²) >= 11 is 11.9. The molecule has 0 aliphatic heterocycles. The maximum absolute atomic E-state index is 12.2. The molecule has 1 amide bonds. The lowest BCUT2D eigenvalue weighted by Gasteiger charge is -2.09. The van der Waals surface area contributed by atoms with Gasteiger partial charge in [0.2, 0.25) is 0 Å². The molecule has 0 heterocycles. The van der Waals surface area contributed by atoms with Crippen molar-refractivity contribution in [3.63, 3.8) is 0 Å². The van der Waals surface area contributed by atoms with Crippen LogP contribution in [0.1, 0.15) is 27.0 Å². The Bertz CT molecular complexity index is 896. The van der Waals surface area contributed by atoms with Crippen molar-refractivity contribution in [1.82, 2.24) is 5.32 Å². The molecule has 3 rings (SSSR count). The van der Waals surface area contributed by atoms with E-state index in [0.717, 1.165) is 16.7 Å². The van der Waals surface area contributed by atoms with Gasteiger partial charge in [0, 0.05) is 11.6 Å². The Morgan fingerprint density at radius 1 is 0.815 bits per heavy atom. The van der Waals surface area contributed by atoms with Gasteiger partial charge < -0.3 is 10.1 Å². The zero-order valence-electron chi connectivity index (χ0n) is 14.6. The smallest absolute Gasteiger partial charge is 0.253 e. The fourth-order valence-electron chi connectivity index (χ4n) is 2.57. The van der Waals surface area contributed by atoms with Crippen molar-refractivity contribution >= 4 is 29.1 Å². The predicted octanol–water partition coefficient (Wildman–Crippen LogP) is 5.64. The fourth-order valence-corrected chi connectivity index (χ4v) is 3.06. The summed E-state index contributed by atoms with van der Waals surface area (Å²) in [5, 5.41) is 3.70. The summed E-state index contributed by atoms with van der Waals surface area (Å²) in [5.74, 6) is -0.230. The van der Waals surface area contributed by atoms with E-state index < -0.39 is 0 Å². The highest BCUT2D eigenvalue weighted by atomic mass is 35.5. The Balaban J connectivity index is 1.48. The van der Waals surface area contributed by atoms with Crippen LogP contribution in [0.2, 0.25) is 10.0 Å². The molecule has 3 nitrogen and oxygen atoms in total. The third-order valence-electron chi connectivity index (χ3n) is 4.03. The van der Waals surface area contributed by atoms with Crippen molar-refractivity contribution in [2.24, 2.45) is 0 Å². The molecule has 0 saturated heterocycles. The Morgan fingerprint density at radius 2 is 1.44 bits per heavy atom. The number of carbonyl (C=O) groups excluding carboxylic acids is 1. The fraction of sp³-hybridized carbons (Fsp3) is 0.136. The van der Waals surface area contributed by atoms with Crippen LogP contribution in [-0.4, -0.2) is 5.91 Å². The highest BCUT2D eigenvalue weighted by Crippen LogP contribution is 2.21. The summed E-state index contributed by atoms with van der Waals surface area (Å²) in [6, 6.07) is 22.8.